The normalized spacial score (nSPS) is 17.6. The molecule has 1 unspecified atom stereocenters. The summed E-state index contributed by atoms with van der Waals surface area (Å²) in [5.74, 6) is -2.55. The fraction of sp³-hybridized carbons (Fsp3) is 0.0909. The molecular formula is C22H15ClN2O4. The smallest absolute Gasteiger partial charge is 0.261 e. The number of imide groups is 1. The molecule has 0 aromatic heterocycles. The molecule has 0 fully saturated rings. The van der Waals surface area contributed by atoms with E-state index in [1.165, 1.54) is 12.2 Å². The second-order valence-electron chi connectivity index (χ2n) is 6.66. The largest absolute Gasteiger partial charge is 0.325 e. The minimum atomic E-state index is -0.928. The Morgan fingerprint density at radius 2 is 1.69 bits per heavy atom. The zero-order valence-electron chi connectivity index (χ0n) is 15.1. The Hall–Kier alpha value is -3.51. The van der Waals surface area contributed by atoms with Gasteiger partial charge in [0.1, 0.15) is 5.92 Å². The lowest BCUT2D eigenvalue weighted by atomic mass is 9.98. The maximum Gasteiger partial charge on any atom is 0.261 e. The van der Waals surface area contributed by atoms with Gasteiger partial charge in [0, 0.05) is 10.7 Å². The van der Waals surface area contributed by atoms with Gasteiger partial charge in [0.15, 0.2) is 5.78 Å². The van der Waals surface area contributed by atoms with Crippen LogP contribution in [0.15, 0.2) is 66.8 Å². The molecule has 7 heteroatoms. The van der Waals surface area contributed by atoms with Crippen LogP contribution in [0.1, 0.15) is 26.3 Å². The summed E-state index contributed by atoms with van der Waals surface area (Å²) in [7, 11) is 0. The molecule has 1 atom stereocenters. The van der Waals surface area contributed by atoms with Gasteiger partial charge in [-0.2, -0.15) is 0 Å². The molecule has 0 radical (unpaired) electrons. The topological polar surface area (TPSA) is 83.6 Å². The number of halogens is 1. The number of carbonyl (C=O) groups is 4. The Labute approximate surface area is 171 Å². The monoisotopic (exact) mass is 406 g/mol. The summed E-state index contributed by atoms with van der Waals surface area (Å²) in [5.41, 5.74) is 1.56. The van der Waals surface area contributed by atoms with Gasteiger partial charge < -0.3 is 5.32 Å². The molecule has 1 N–H and O–H groups in total. The first kappa shape index (κ1) is 18.8. The van der Waals surface area contributed by atoms with E-state index in [-0.39, 0.29) is 12.3 Å². The van der Waals surface area contributed by atoms with Crippen molar-refractivity contribution in [3.63, 3.8) is 0 Å². The number of allylic oxidation sites excluding steroid dienone is 3. The number of nitrogens with one attached hydrogen (secondary N) is 1. The molecule has 144 valence electrons. The van der Waals surface area contributed by atoms with Crippen LogP contribution >= 0.6 is 11.6 Å². The molecule has 1 aliphatic heterocycles. The van der Waals surface area contributed by atoms with Crippen molar-refractivity contribution in [3.05, 3.63) is 88.5 Å². The van der Waals surface area contributed by atoms with Crippen LogP contribution in [0.4, 0.5) is 5.69 Å². The quantitative estimate of drug-likeness (QED) is 0.623. The van der Waals surface area contributed by atoms with Crippen molar-refractivity contribution in [1.29, 1.82) is 0 Å². The van der Waals surface area contributed by atoms with E-state index in [9.17, 15) is 19.2 Å². The summed E-state index contributed by atoms with van der Waals surface area (Å²) in [6, 6.07) is 11.3. The van der Waals surface area contributed by atoms with E-state index in [4.69, 9.17) is 11.6 Å². The number of anilines is 1. The molecule has 0 bridgehead atoms. The standard InChI is InChI=1S/C22H15ClN2O4/c23-14-9-10-18(24-20(27)17-7-3-4-8-19(17)26)13(11-14)12-25-21(28)15-5-1-2-6-16(15)22(25)29/h1-11,17H,12H2,(H,24,27). The molecule has 2 aromatic carbocycles. The molecule has 4 rings (SSSR count). The van der Waals surface area contributed by atoms with E-state index < -0.39 is 23.6 Å². The lowest BCUT2D eigenvalue weighted by Gasteiger charge is -2.19. The molecule has 2 aromatic rings. The van der Waals surface area contributed by atoms with Crippen LogP contribution in [-0.2, 0) is 16.1 Å². The van der Waals surface area contributed by atoms with E-state index in [1.54, 1.807) is 54.6 Å². The molecule has 0 spiro atoms. The van der Waals surface area contributed by atoms with Crippen LogP contribution in [-0.4, -0.2) is 28.4 Å². The summed E-state index contributed by atoms with van der Waals surface area (Å²) in [6.45, 7) is -0.0587. The maximum absolute atomic E-state index is 12.6. The van der Waals surface area contributed by atoms with Gasteiger partial charge in [0.05, 0.1) is 17.7 Å². The first-order chi connectivity index (χ1) is 14.0. The Morgan fingerprint density at radius 1 is 1.00 bits per heavy atom. The number of rotatable bonds is 4. The highest BCUT2D eigenvalue weighted by Crippen LogP contribution is 2.28. The molecule has 1 aliphatic carbocycles. The Bertz CT molecular complexity index is 1080. The highest BCUT2D eigenvalue weighted by Gasteiger charge is 2.35. The first-order valence-corrected chi connectivity index (χ1v) is 9.27. The van der Waals surface area contributed by atoms with Gasteiger partial charge in [-0.1, -0.05) is 42.0 Å². The van der Waals surface area contributed by atoms with Gasteiger partial charge in [-0.25, -0.2) is 0 Å². The van der Waals surface area contributed by atoms with Gasteiger partial charge in [-0.3, -0.25) is 24.1 Å². The van der Waals surface area contributed by atoms with Crippen LogP contribution < -0.4 is 5.32 Å². The van der Waals surface area contributed by atoms with E-state index in [0.29, 0.717) is 27.4 Å². The minimum Gasteiger partial charge on any atom is -0.325 e. The van der Waals surface area contributed by atoms with Crippen molar-refractivity contribution in [1.82, 2.24) is 4.90 Å². The number of hydrogen-bond acceptors (Lipinski definition) is 4. The second kappa shape index (κ2) is 7.48. The molecule has 2 aliphatic rings. The highest BCUT2D eigenvalue weighted by molar-refractivity contribution is 6.30. The zero-order chi connectivity index (χ0) is 20.5. The van der Waals surface area contributed by atoms with Crippen molar-refractivity contribution in [2.75, 3.05) is 5.32 Å². The van der Waals surface area contributed by atoms with Crippen molar-refractivity contribution in [2.24, 2.45) is 5.92 Å². The Balaban J connectivity index is 1.60. The third-order valence-electron chi connectivity index (χ3n) is 4.80. The minimum absolute atomic E-state index is 0.0587. The number of hydrogen-bond donors (Lipinski definition) is 1. The van der Waals surface area contributed by atoms with Crippen LogP contribution in [0.2, 0.25) is 5.02 Å². The van der Waals surface area contributed by atoms with Crippen molar-refractivity contribution >= 4 is 40.8 Å². The SMILES string of the molecule is O=C1C=CC=CC1C(=O)Nc1ccc(Cl)cc1CN1C(=O)c2ccccc2C1=O. The molecular weight excluding hydrogens is 392 g/mol. The van der Waals surface area contributed by atoms with Crippen molar-refractivity contribution < 1.29 is 19.2 Å². The Kier molecular flexibility index (Phi) is 4.86. The lowest BCUT2D eigenvalue weighted by molar-refractivity contribution is -0.126. The predicted molar refractivity (Wildman–Crippen MR) is 108 cm³/mol. The van der Waals surface area contributed by atoms with E-state index in [1.807, 2.05) is 0 Å². The summed E-state index contributed by atoms with van der Waals surface area (Å²) >= 11 is 6.10. The number of ketones is 1. The van der Waals surface area contributed by atoms with Crippen LogP contribution in [0, 0.1) is 5.92 Å². The van der Waals surface area contributed by atoms with E-state index in [2.05, 4.69) is 5.32 Å². The summed E-state index contributed by atoms with van der Waals surface area (Å²) in [4.78, 5) is 50.9. The molecule has 0 saturated carbocycles. The molecule has 0 saturated heterocycles. The summed E-state index contributed by atoms with van der Waals surface area (Å²) < 4.78 is 0. The number of carbonyl (C=O) groups excluding carboxylic acids is 4. The van der Waals surface area contributed by atoms with E-state index in [0.717, 1.165) is 4.90 Å². The van der Waals surface area contributed by atoms with Gasteiger partial charge in [0.25, 0.3) is 11.8 Å². The third kappa shape index (κ3) is 3.50. The summed E-state index contributed by atoms with van der Waals surface area (Å²) in [5, 5.41) is 3.10. The average molecular weight is 407 g/mol. The lowest BCUT2D eigenvalue weighted by Crippen LogP contribution is -2.31. The fourth-order valence-electron chi connectivity index (χ4n) is 3.32. The van der Waals surface area contributed by atoms with Crippen molar-refractivity contribution in [3.8, 4) is 0 Å². The van der Waals surface area contributed by atoms with E-state index >= 15 is 0 Å². The predicted octanol–water partition coefficient (Wildman–Crippen LogP) is 3.39. The van der Waals surface area contributed by atoms with Crippen LogP contribution in [0.5, 0.6) is 0 Å². The number of benzene rings is 2. The number of amides is 3. The zero-order valence-corrected chi connectivity index (χ0v) is 15.8. The van der Waals surface area contributed by atoms with Crippen LogP contribution in [0.25, 0.3) is 0 Å². The summed E-state index contributed by atoms with van der Waals surface area (Å²) in [6.07, 6.45) is 6.05. The van der Waals surface area contributed by atoms with Gasteiger partial charge >= 0.3 is 0 Å². The van der Waals surface area contributed by atoms with Gasteiger partial charge in [-0.15, -0.1) is 0 Å². The fourth-order valence-corrected chi connectivity index (χ4v) is 3.51. The Morgan fingerprint density at radius 3 is 2.34 bits per heavy atom. The average Bonchev–Trinajstić information content (AvgIpc) is 2.95. The molecule has 3 amide bonds. The molecule has 6 nitrogen and oxygen atoms in total. The third-order valence-corrected chi connectivity index (χ3v) is 5.03. The molecule has 1 heterocycles. The second-order valence-corrected chi connectivity index (χ2v) is 7.09. The van der Waals surface area contributed by atoms with Crippen molar-refractivity contribution in [2.45, 2.75) is 6.54 Å². The molecule has 29 heavy (non-hydrogen) atoms. The number of fused-ring (bicyclic) bond motifs is 1. The van der Waals surface area contributed by atoms with Gasteiger partial charge in [-0.05, 0) is 42.0 Å². The first-order valence-electron chi connectivity index (χ1n) is 8.89. The van der Waals surface area contributed by atoms with Crippen LogP contribution in [0.3, 0.4) is 0 Å². The highest BCUT2D eigenvalue weighted by atomic mass is 35.5. The number of nitrogens with zero attached hydrogens (tertiary/aromatic N) is 1. The van der Waals surface area contributed by atoms with Gasteiger partial charge in [0.2, 0.25) is 5.91 Å². The maximum atomic E-state index is 12.6.